The molecule has 1 rings (SSSR count). The third kappa shape index (κ3) is 3.86. The van der Waals surface area contributed by atoms with E-state index in [4.69, 9.17) is 11.8 Å². The van der Waals surface area contributed by atoms with E-state index >= 15 is 0 Å². The molecule has 0 saturated heterocycles. The summed E-state index contributed by atoms with van der Waals surface area (Å²) in [6, 6.07) is 1.32. The van der Waals surface area contributed by atoms with Crippen molar-refractivity contribution in [1.82, 2.24) is 9.23 Å². The van der Waals surface area contributed by atoms with Crippen LogP contribution in [0.4, 0.5) is 13.2 Å². The van der Waals surface area contributed by atoms with Gasteiger partial charge in [-0.2, -0.15) is 13.2 Å². The molecule has 1 heterocycles. The number of hydrogen-bond donors (Lipinski definition) is 1. The first kappa shape index (κ1) is 16.1. The first-order chi connectivity index (χ1) is 6.77. The second-order valence-electron chi connectivity index (χ2n) is 2.46. The van der Waals surface area contributed by atoms with Gasteiger partial charge < -0.3 is 0 Å². The Morgan fingerprint density at radius 1 is 1.31 bits per heavy atom. The molecule has 0 aromatic carbocycles. The number of pyridine rings is 1. The van der Waals surface area contributed by atoms with Gasteiger partial charge in [0.1, 0.15) is 0 Å². The molecule has 0 spiro atoms. The monoisotopic (exact) mass is 284 g/mol. The molecule has 0 atom stereocenters. The van der Waals surface area contributed by atoms with Crippen LogP contribution in [-0.4, -0.2) is 43.0 Å². The molecule has 1 aromatic heterocycles. The molecule has 16 heavy (non-hydrogen) atoms. The summed E-state index contributed by atoms with van der Waals surface area (Å²) in [5, 5.41) is -0.578. The maximum atomic E-state index is 12.1. The van der Waals surface area contributed by atoms with Crippen molar-refractivity contribution in [2.45, 2.75) is 11.2 Å². The Bertz CT molecular complexity index is 448. The molecular formula is C6H5ClF3N2NaO2S. The van der Waals surface area contributed by atoms with E-state index in [0.717, 1.165) is 0 Å². The summed E-state index contributed by atoms with van der Waals surface area (Å²) in [4.78, 5) is 3.13. The van der Waals surface area contributed by atoms with Gasteiger partial charge >= 0.3 is 35.7 Å². The zero-order valence-corrected chi connectivity index (χ0v) is 8.49. The molecular weight excluding hydrogens is 280 g/mol. The van der Waals surface area contributed by atoms with E-state index in [1.807, 2.05) is 0 Å². The van der Waals surface area contributed by atoms with Crippen molar-refractivity contribution in [3.8, 4) is 0 Å². The van der Waals surface area contributed by atoms with Crippen molar-refractivity contribution in [3.63, 3.8) is 0 Å². The number of alkyl halides is 3. The average molecular weight is 285 g/mol. The Labute approximate surface area is 117 Å². The summed E-state index contributed by atoms with van der Waals surface area (Å²) in [5.74, 6) is 0. The minimum atomic E-state index is -4.55. The first-order valence-corrected chi connectivity index (χ1v) is 5.29. The molecule has 0 saturated carbocycles. The number of aromatic nitrogens is 1. The fourth-order valence-electron chi connectivity index (χ4n) is 0.746. The zero-order chi connectivity index (χ0) is 11.7. The summed E-state index contributed by atoms with van der Waals surface area (Å²) in [5.41, 5.74) is -1.03. The molecule has 10 heteroatoms. The van der Waals surface area contributed by atoms with Crippen LogP contribution in [0.3, 0.4) is 0 Å². The topological polar surface area (TPSA) is 59.1 Å². The van der Waals surface area contributed by atoms with Crippen molar-refractivity contribution in [1.29, 1.82) is 0 Å². The summed E-state index contributed by atoms with van der Waals surface area (Å²) < 4.78 is 59.6. The van der Waals surface area contributed by atoms with Crippen LogP contribution >= 0.6 is 11.8 Å². The molecule has 0 radical (unpaired) electrons. The summed E-state index contributed by atoms with van der Waals surface area (Å²) in [6.45, 7) is 0. The van der Waals surface area contributed by atoms with E-state index in [2.05, 4.69) is 4.98 Å². The molecule has 0 amide bonds. The molecule has 0 unspecified atom stereocenters. The maximum absolute atomic E-state index is 12.1. The number of nitrogens with one attached hydrogen (secondary N) is 1. The van der Waals surface area contributed by atoms with Crippen molar-refractivity contribution in [2.24, 2.45) is 0 Å². The van der Waals surface area contributed by atoms with Gasteiger partial charge in [-0.1, -0.05) is 0 Å². The fraction of sp³-hybridized carbons (Fsp3) is 0.167. The second-order valence-corrected chi connectivity index (χ2v) is 4.51. The quantitative estimate of drug-likeness (QED) is 0.648. The van der Waals surface area contributed by atoms with Crippen LogP contribution in [-0.2, 0) is 16.2 Å². The molecule has 0 aliphatic rings. The number of halogens is 4. The van der Waals surface area contributed by atoms with Gasteiger partial charge in [-0.15, -0.1) is 4.24 Å². The van der Waals surface area contributed by atoms with Crippen LogP contribution < -0.4 is 4.24 Å². The Morgan fingerprint density at radius 2 is 1.88 bits per heavy atom. The molecule has 0 aliphatic heterocycles. The zero-order valence-electron chi connectivity index (χ0n) is 6.92. The Hall–Kier alpha value is 0.140. The summed E-state index contributed by atoms with van der Waals surface area (Å²) in [7, 11) is -4.02. The molecule has 1 N–H and O–H groups in total. The molecule has 0 bridgehead atoms. The van der Waals surface area contributed by atoms with Gasteiger partial charge in [0.2, 0.25) is 0 Å². The Morgan fingerprint density at radius 3 is 2.19 bits per heavy atom. The van der Waals surface area contributed by atoms with Crippen LogP contribution in [0.5, 0.6) is 0 Å². The van der Waals surface area contributed by atoms with Crippen LogP contribution in [0.2, 0.25) is 0 Å². The van der Waals surface area contributed by atoms with E-state index in [9.17, 15) is 21.6 Å². The number of sulfonamides is 1. The van der Waals surface area contributed by atoms with Crippen LogP contribution in [0, 0.1) is 0 Å². The van der Waals surface area contributed by atoms with Crippen molar-refractivity contribution < 1.29 is 21.6 Å². The second kappa shape index (κ2) is 5.65. The van der Waals surface area contributed by atoms with Gasteiger partial charge in [-0.3, -0.25) is 0 Å². The number of nitrogens with zero attached hydrogens (tertiary/aromatic N) is 1. The van der Waals surface area contributed by atoms with Gasteiger partial charge in [0.15, 0.2) is 5.03 Å². The Kier molecular flexibility index (Phi) is 5.70. The number of rotatable bonds is 2. The van der Waals surface area contributed by atoms with E-state index in [1.54, 1.807) is 0 Å². The van der Waals surface area contributed by atoms with E-state index in [0.29, 0.717) is 18.3 Å². The molecule has 4 nitrogen and oxygen atoms in total. The van der Waals surface area contributed by atoms with Gasteiger partial charge in [-0.05, 0) is 23.9 Å². The predicted octanol–water partition coefficient (Wildman–Crippen LogP) is 0.884. The van der Waals surface area contributed by atoms with Crippen molar-refractivity contribution in [2.75, 3.05) is 0 Å². The molecule has 1 aromatic rings. The van der Waals surface area contributed by atoms with Crippen LogP contribution in [0.1, 0.15) is 5.56 Å². The standard InChI is InChI=1S/C6H4ClF3N2O2S.Na.H/c7-12-15(13,14)5-2-1-4(3-11-5)6(8,9)10;;/h1-3,12H;;. The van der Waals surface area contributed by atoms with E-state index in [1.165, 1.54) is 4.24 Å². The summed E-state index contributed by atoms with van der Waals surface area (Å²) >= 11 is 4.86. The van der Waals surface area contributed by atoms with Crippen LogP contribution in [0.25, 0.3) is 0 Å². The third-order valence-electron chi connectivity index (χ3n) is 1.44. The van der Waals surface area contributed by atoms with Gasteiger partial charge in [0.25, 0.3) is 10.0 Å². The normalized spacial score (nSPS) is 12.0. The van der Waals surface area contributed by atoms with E-state index in [-0.39, 0.29) is 29.6 Å². The fourth-order valence-corrected chi connectivity index (χ4v) is 1.50. The molecule has 0 fully saturated rings. The molecule has 0 aliphatic carbocycles. The molecule has 86 valence electrons. The van der Waals surface area contributed by atoms with Gasteiger partial charge in [-0.25, -0.2) is 13.4 Å². The minimum absolute atomic E-state index is 0. The SMILES string of the molecule is O=S(=O)(NCl)c1ccc(C(F)(F)F)cn1.[NaH]. The Balaban J connectivity index is 0.00000225. The van der Waals surface area contributed by atoms with E-state index < -0.39 is 26.8 Å². The third-order valence-corrected chi connectivity index (χ3v) is 3.05. The van der Waals surface area contributed by atoms with Gasteiger partial charge in [0.05, 0.1) is 5.56 Å². The average Bonchev–Trinajstić information content (AvgIpc) is 2.17. The predicted molar refractivity (Wildman–Crippen MR) is 52.6 cm³/mol. The first-order valence-electron chi connectivity index (χ1n) is 3.43. The summed E-state index contributed by atoms with van der Waals surface area (Å²) in [6.07, 6.45) is -4.13. The number of hydrogen-bond acceptors (Lipinski definition) is 3. The van der Waals surface area contributed by atoms with Crippen molar-refractivity contribution >= 4 is 51.4 Å². The van der Waals surface area contributed by atoms with Crippen molar-refractivity contribution in [3.05, 3.63) is 23.9 Å². The van der Waals surface area contributed by atoms with Crippen LogP contribution in [0.15, 0.2) is 23.4 Å². The van der Waals surface area contributed by atoms with Gasteiger partial charge in [0, 0.05) is 6.20 Å².